The van der Waals surface area contributed by atoms with E-state index in [1.807, 2.05) is 36.4 Å². The minimum absolute atomic E-state index is 0.0431. The molecule has 1 fully saturated rings. The quantitative estimate of drug-likeness (QED) is 0.761. The van der Waals surface area contributed by atoms with Gasteiger partial charge in [0, 0.05) is 12.2 Å². The van der Waals surface area contributed by atoms with Gasteiger partial charge in [-0.15, -0.1) is 0 Å². The normalized spacial score (nSPS) is 19.7. The van der Waals surface area contributed by atoms with E-state index in [-0.39, 0.29) is 12.1 Å². The van der Waals surface area contributed by atoms with Gasteiger partial charge in [-0.05, 0) is 31.7 Å². The highest BCUT2D eigenvalue weighted by molar-refractivity contribution is 5.94. The first-order valence-corrected chi connectivity index (χ1v) is 6.76. The first-order chi connectivity index (χ1) is 9.25. The van der Waals surface area contributed by atoms with Crippen molar-refractivity contribution in [2.24, 2.45) is 0 Å². The Morgan fingerprint density at radius 1 is 1.37 bits per heavy atom. The van der Waals surface area contributed by atoms with Crippen molar-refractivity contribution in [3.05, 3.63) is 41.5 Å². The summed E-state index contributed by atoms with van der Waals surface area (Å²) in [5.41, 5.74) is 1.81. The second kappa shape index (κ2) is 7.22. The molecule has 0 aromatic heterocycles. The number of hydrogen-bond acceptors (Lipinski definition) is 3. The Bertz CT molecular complexity index is 428. The average molecular weight is 260 g/mol. The van der Waals surface area contributed by atoms with Gasteiger partial charge in [0.15, 0.2) is 12.1 Å². The second-order valence-corrected chi connectivity index (χ2v) is 4.71. The summed E-state index contributed by atoms with van der Waals surface area (Å²) in [6, 6.07) is 7.55. The molecule has 1 aliphatic heterocycles. The van der Waals surface area contributed by atoms with Crippen LogP contribution in [-0.2, 0) is 9.47 Å². The van der Waals surface area contributed by atoms with Crippen LogP contribution in [0.3, 0.4) is 0 Å². The van der Waals surface area contributed by atoms with Gasteiger partial charge in [-0.25, -0.2) is 0 Å². The molecule has 0 bridgehead atoms. The van der Waals surface area contributed by atoms with E-state index in [1.54, 1.807) is 6.92 Å². The first-order valence-electron chi connectivity index (χ1n) is 6.76. The van der Waals surface area contributed by atoms with Gasteiger partial charge in [0.1, 0.15) is 0 Å². The lowest BCUT2D eigenvalue weighted by molar-refractivity contribution is -0.155. The van der Waals surface area contributed by atoms with Crippen molar-refractivity contribution >= 4 is 11.9 Å². The molecule has 0 amide bonds. The lowest BCUT2D eigenvalue weighted by atomic mass is 10.1. The fourth-order valence-electron chi connectivity index (χ4n) is 2.02. The maximum Gasteiger partial charge on any atom is 0.159 e. The third kappa shape index (κ3) is 4.62. The highest BCUT2D eigenvalue weighted by atomic mass is 16.7. The topological polar surface area (TPSA) is 35.5 Å². The molecule has 0 N–H and O–H groups in total. The van der Waals surface area contributed by atoms with Crippen LogP contribution in [-0.4, -0.2) is 25.3 Å². The van der Waals surface area contributed by atoms with Crippen LogP contribution >= 0.6 is 0 Å². The number of ketones is 1. The molecule has 19 heavy (non-hydrogen) atoms. The van der Waals surface area contributed by atoms with Crippen molar-refractivity contribution in [1.29, 1.82) is 0 Å². The fraction of sp³-hybridized carbons (Fsp3) is 0.438. The Morgan fingerprint density at radius 2 is 2.16 bits per heavy atom. The molecule has 1 atom stereocenters. The van der Waals surface area contributed by atoms with Crippen molar-refractivity contribution < 1.29 is 14.3 Å². The molecule has 3 heteroatoms. The van der Waals surface area contributed by atoms with Crippen LogP contribution in [0, 0.1) is 0 Å². The van der Waals surface area contributed by atoms with E-state index in [4.69, 9.17) is 9.47 Å². The molecule has 2 rings (SSSR count). The molecule has 0 saturated carbocycles. The van der Waals surface area contributed by atoms with E-state index in [9.17, 15) is 4.79 Å². The third-order valence-electron chi connectivity index (χ3n) is 3.14. The van der Waals surface area contributed by atoms with Crippen LogP contribution in [0.15, 0.2) is 30.3 Å². The molecule has 1 unspecified atom stereocenters. The Hall–Kier alpha value is -1.45. The van der Waals surface area contributed by atoms with E-state index in [0.29, 0.717) is 6.61 Å². The molecule has 0 spiro atoms. The van der Waals surface area contributed by atoms with Gasteiger partial charge in [0.05, 0.1) is 6.61 Å². The number of Topliss-reactive ketones (excluding diaryl/α,β-unsaturated/α-hetero) is 1. The van der Waals surface area contributed by atoms with Gasteiger partial charge < -0.3 is 9.47 Å². The molecule has 102 valence electrons. The van der Waals surface area contributed by atoms with E-state index in [0.717, 1.165) is 30.6 Å². The lowest BCUT2D eigenvalue weighted by Gasteiger charge is -2.21. The van der Waals surface area contributed by atoms with Gasteiger partial charge in [-0.3, -0.25) is 4.79 Å². The summed E-state index contributed by atoms with van der Waals surface area (Å²) in [5, 5.41) is 0. The zero-order chi connectivity index (χ0) is 13.5. The van der Waals surface area contributed by atoms with E-state index < -0.39 is 0 Å². The molecule has 1 aliphatic rings. The van der Waals surface area contributed by atoms with E-state index in [2.05, 4.69) is 0 Å². The third-order valence-corrected chi connectivity index (χ3v) is 3.14. The maximum absolute atomic E-state index is 11.1. The van der Waals surface area contributed by atoms with Crippen LogP contribution in [0.4, 0.5) is 0 Å². The van der Waals surface area contributed by atoms with E-state index in [1.165, 1.54) is 6.42 Å². The highest BCUT2D eigenvalue weighted by Crippen LogP contribution is 2.13. The Balaban J connectivity index is 1.76. The van der Waals surface area contributed by atoms with Crippen molar-refractivity contribution in [3.63, 3.8) is 0 Å². The number of ether oxygens (including phenoxy) is 2. The number of benzene rings is 1. The summed E-state index contributed by atoms with van der Waals surface area (Å²) in [7, 11) is 0. The molecule has 0 aliphatic carbocycles. The Labute approximate surface area is 114 Å². The number of hydrogen-bond donors (Lipinski definition) is 0. The van der Waals surface area contributed by atoms with Gasteiger partial charge in [-0.1, -0.05) is 36.4 Å². The first kappa shape index (κ1) is 14.0. The van der Waals surface area contributed by atoms with Gasteiger partial charge in [0.25, 0.3) is 0 Å². The average Bonchev–Trinajstić information content (AvgIpc) is 2.45. The van der Waals surface area contributed by atoms with E-state index >= 15 is 0 Å². The Morgan fingerprint density at radius 3 is 2.79 bits per heavy atom. The Kier molecular flexibility index (Phi) is 5.31. The zero-order valence-corrected chi connectivity index (χ0v) is 11.3. The lowest BCUT2D eigenvalue weighted by Crippen LogP contribution is -2.22. The molecule has 1 aromatic rings. The molecule has 1 heterocycles. The summed E-state index contributed by atoms with van der Waals surface area (Å²) in [6.45, 7) is 2.93. The highest BCUT2D eigenvalue weighted by Gasteiger charge is 2.12. The minimum atomic E-state index is -0.0431. The number of carbonyl (C=O) groups is 1. The van der Waals surface area contributed by atoms with Gasteiger partial charge >= 0.3 is 0 Å². The molecular formula is C16H20O3. The number of rotatable bonds is 5. The van der Waals surface area contributed by atoms with Crippen molar-refractivity contribution in [1.82, 2.24) is 0 Å². The predicted molar refractivity (Wildman–Crippen MR) is 75.0 cm³/mol. The predicted octanol–water partition coefficient (Wildman–Crippen LogP) is 3.45. The van der Waals surface area contributed by atoms with Crippen LogP contribution in [0.2, 0.25) is 0 Å². The van der Waals surface area contributed by atoms with Gasteiger partial charge in [0.2, 0.25) is 0 Å². The van der Waals surface area contributed by atoms with Crippen molar-refractivity contribution in [2.75, 3.05) is 13.2 Å². The minimum Gasteiger partial charge on any atom is -0.353 e. The summed E-state index contributed by atoms with van der Waals surface area (Å²) < 4.78 is 11.1. The fourth-order valence-corrected chi connectivity index (χ4v) is 2.02. The van der Waals surface area contributed by atoms with Gasteiger partial charge in [-0.2, -0.15) is 0 Å². The molecule has 1 saturated heterocycles. The maximum atomic E-state index is 11.1. The summed E-state index contributed by atoms with van der Waals surface area (Å²) in [4.78, 5) is 11.1. The SMILES string of the molecule is CC(=O)c1ccc(C=CCOC2CCCCO2)cc1. The second-order valence-electron chi connectivity index (χ2n) is 4.71. The summed E-state index contributed by atoms with van der Waals surface area (Å²) in [5.74, 6) is 0.0910. The monoisotopic (exact) mass is 260 g/mol. The van der Waals surface area contributed by atoms with Crippen molar-refractivity contribution in [3.8, 4) is 0 Å². The van der Waals surface area contributed by atoms with Crippen molar-refractivity contribution in [2.45, 2.75) is 32.5 Å². The van der Waals surface area contributed by atoms with Crippen LogP contribution in [0.5, 0.6) is 0 Å². The molecule has 0 radical (unpaired) electrons. The summed E-state index contributed by atoms with van der Waals surface area (Å²) >= 11 is 0. The van der Waals surface area contributed by atoms with Crippen LogP contribution < -0.4 is 0 Å². The van der Waals surface area contributed by atoms with Crippen LogP contribution in [0.1, 0.15) is 42.1 Å². The number of carbonyl (C=O) groups excluding carboxylic acids is 1. The molecular weight excluding hydrogens is 240 g/mol. The standard InChI is InChI=1S/C16H20O3/c1-13(17)15-9-7-14(8-10-15)5-4-12-19-16-6-2-3-11-18-16/h4-5,7-10,16H,2-3,6,11-12H2,1H3. The zero-order valence-electron chi connectivity index (χ0n) is 11.3. The van der Waals surface area contributed by atoms with Crippen LogP contribution in [0.25, 0.3) is 6.08 Å². The molecule has 1 aromatic carbocycles. The summed E-state index contributed by atoms with van der Waals surface area (Å²) in [6.07, 6.45) is 7.23. The smallest absolute Gasteiger partial charge is 0.159 e. The largest absolute Gasteiger partial charge is 0.353 e. The molecule has 3 nitrogen and oxygen atoms in total.